The molecule has 0 saturated heterocycles. The third kappa shape index (κ3) is 2.41. The first kappa shape index (κ1) is 21.6. The van der Waals surface area contributed by atoms with Crippen LogP contribution in [0, 0.1) is 34.5 Å². The van der Waals surface area contributed by atoms with Crippen LogP contribution in [0.5, 0.6) is 0 Å². The number of allylic oxidation sites excluding steroid dienone is 1. The maximum absolute atomic E-state index is 14.4. The van der Waals surface area contributed by atoms with Crippen LogP contribution in [0.1, 0.15) is 51.4 Å². The average Bonchev–Trinajstić information content (AvgIpc) is 3.25. The maximum atomic E-state index is 14.4. The zero-order valence-corrected chi connectivity index (χ0v) is 19.3. The highest BCUT2D eigenvalue weighted by Crippen LogP contribution is 2.72. The van der Waals surface area contributed by atoms with Gasteiger partial charge in [-0.2, -0.15) is 0 Å². The SMILES string of the molecule is CC1=C[C@@H]2C(=O)[C@]3(C=C(C)[C@H](O)[C@@]3(OC(=O)c3ccccc3)[C@@H]1O)[C@H](C)C[C@@H]1[C@H]2C1(C)C. The largest absolute Gasteiger partial charge is 0.448 e. The number of carbonyl (C=O) groups is 2. The van der Waals surface area contributed by atoms with Crippen LogP contribution < -0.4 is 0 Å². The molecule has 2 saturated carbocycles. The van der Waals surface area contributed by atoms with E-state index in [4.69, 9.17) is 4.74 Å². The van der Waals surface area contributed by atoms with E-state index in [2.05, 4.69) is 13.8 Å². The van der Waals surface area contributed by atoms with Gasteiger partial charge in [0, 0.05) is 5.92 Å². The van der Waals surface area contributed by atoms with Crippen LogP contribution in [0.25, 0.3) is 0 Å². The molecule has 2 bridgehead atoms. The van der Waals surface area contributed by atoms with Crippen molar-refractivity contribution in [2.24, 2.45) is 34.5 Å². The second-order valence-electron chi connectivity index (χ2n) is 11.0. The first-order valence-electron chi connectivity index (χ1n) is 11.6. The minimum atomic E-state index is -1.79. The molecule has 0 unspecified atom stereocenters. The van der Waals surface area contributed by atoms with Crippen LogP contribution in [0.3, 0.4) is 0 Å². The average molecular weight is 437 g/mol. The van der Waals surface area contributed by atoms with Crippen molar-refractivity contribution in [2.45, 2.75) is 58.8 Å². The Bertz CT molecular complexity index is 1050. The van der Waals surface area contributed by atoms with Crippen LogP contribution in [0.2, 0.25) is 0 Å². The number of ketones is 1. The lowest BCUT2D eigenvalue weighted by molar-refractivity contribution is -0.190. The molecule has 4 aliphatic rings. The molecule has 1 aromatic carbocycles. The third-order valence-electron chi connectivity index (χ3n) is 9.11. The second-order valence-corrected chi connectivity index (χ2v) is 11.0. The highest BCUT2D eigenvalue weighted by Gasteiger charge is 2.77. The molecular formula is C27H32O5. The van der Waals surface area contributed by atoms with Gasteiger partial charge in [0.15, 0.2) is 11.4 Å². The van der Waals surface area contributed by atoms with Crippen molar-refractivity contribution in [3.05, 3.63) is 59.2 Å². The molecule has 2 N–H and O–H groups in total. The quantitative estimate of drug-likeness (QED) is 0.546. The molecule has 4 aliphatic carbocycles. The normalized spacial score (nSPS) is 43.8. The van der Waals surface area contributed by atoms with Crippen LogP contribution in [0.4, 0.5) is 0 Å². The van der Waals surface area contributed by atoms with Gasteiger partial charge in [-0.15, -0.1) is 0 Å². The molecule has 32 heavy (non-hydrogen) atoms. The molecule has 170 valence electrons. The number of rotatable bonds is 2. The topological polar surface area (TPSA) is 83.8 Å². The summed E-state index contributed by atoms with van der Waals surface area (Å²) in [5.74, 6) is -0.715. The van der Waals surface area contributed by atoms with Gasteiger partial charge < -0.3 is 14.9 Å². The number of esters is 1. The molecule has 5 heteroatoms. The molecule has 1 spiro atoms. The van der Waals surface area contributed by atoms with Crippen LogP contribution in [0.15, 0.2) is 53.6 Å². The molecule has 2 fully saturated rings. The van der Waals surface area contributed by atoms with Gasteiger partial charge in [0.05, 0.1) is 11.0 Å². The molecular weight excluding hydrogens is 404 g/mol. The minimum absolute atomic E-state index is 0.0433. The third-order valence-corrected chi connectivity index (χ3v) is 9.11. The number of ether oxygens (including phenoxy) is 1. The summed E-state index contributed by atoms with van der Waals surface area (Å²) in [6, 6.07) is 8.54. The fourth-order valence-corrected chi connectivity index (χ4v) is 7.36. The molecule has 0 radical (unpaired) electrons. The van der Waals surface area contributed by atoms with Gasteiger partial charge in [-0.05, 0) is 66.7 Å². The Morgan fingerprint density at radius 1 is 1.06 bits per heavy atom. The minimum Gasteiger partial charge on any atom is -0.448 e. The smallest absolute Gasteiger partial charge is 0.338 e. The Labute approximate surface area is 189 Å². The summed E-state index contributed by atoms with van der Waals surface area (Å²) in [6.45, 7) is 9.95. The Morgan fingerprint density at radius 2 is 1.69 bits per heavy atom. The number of hydrogen-bond acceptors (Lipinski definition) is 5. The summed E-state index contributed by atoms with van der Waals surface area (Å²) in [5, 5.41) is 23.2. The summed E-state index contributed by atoms with van der Waals surface area (Å²) in [7, 11) is 0. The van der Waals surface area contributed by atoms with E-state index in [1.165, 1.54) is 0 Å². The van der Waals surface area contributed by atoms with Gasteiger partial charge in [-0.3, -0.25) is 4.79 Å². The molecule has 5 rings (SSSR count). The zero-order chi connectivity index (χ0) is 23.2. The molecule has 5 nitrogen and oxygen atoms in total. The van der Waals surface area contributed by atoms with Crippen molar-refractivity contribution in [1.82, 2.24) is 0 Å². The zero-order valence-electron chi connectivity index (χ0n) is 19.3. The maximum Gasteiger partial charge on any atom is 0.338 e. The predicted octanol–water partition coefficient (Wildman–Crippen LogP) is 3.71. The Hall–Kier alpha value is -2.24. The monoisotopic (exact) mass is 436 g/mol. The number of aliphatic hydroxyl groups excluding tert-OH is 2. The summed E-state index contributed by atoms with van der Waals surface area (Å²) >= 11 is 0. The summed E-state index contributed by atoms with van der Waals surface area (Å²) in [6.07, 6.45) is 1.89. The Morgan fingerprint density at radius 3 is 2.34 bits per heavy atom. The van der Waals surface area contributed by atoms with Gasteiger partial charge in [-0.25, -0.2) is 4.79 Å². The van der Waals surface area contributed by atoms with Crippen LogP contribution in [-0.2, 0) is 9.53 Å². The fourth-order valence-electron chi connectivity index (χ4n) is 7.36. The molecule has 0 heterocycles. The van der Waals surface area contributed by atoms with E-state index in [1.54, 1.807) is 44.2 Å². The first-order valence-corrected chi connectivity index (χ1v) is 11.6. The second kappa shape index (κ2) is 6.64. The molecule has 0 amide bonds. The van der Waals surface area contributed by atoms with Crippen molar-refractivity contribution >= 4 is 11.8 Å². The van der Waals surface area contributed by atoms with Gasteiger partial charge in [-0.1, -0.05) is 51.1 Å². The van der Waals surface area contributed by atoms with E-state index >= 15 is 0 Å². The fraction of sp³-hybridized carbons (Fsp3) is 0.556. The van der Waals surface area contributed by atoms with Crippen molar-refractivity contribution in [3.8, 4) is 0 Å². The number of aliphatic hydroxyl groups is 2. The standard InChI is InChI=1S/C27H32O5/c1-14-11-18-20-19(25(20,4)5)12-16(3)26(23(18)30)13-15(2)22(29)27(26,21(14)28)32-24(31)17-9-7-6-8-10-17/h6-11,13,16,18-22,28-29H,12H2,1-5H3/t16-,18+,19-,20+,21-,22+,26+,27+/m1/s1. The molecule has 1 aromatic rings. The van der Waals surface area contributed by atoms with E-state index < -0.39 is 29.2 Å². The van der Waals surface area contributed by atoms with E-state index in [-0.39, 0.29) is 29.0 Å². The van der Waals surface area contributed by atoms with Crippen molar-refractivity contribution < 1.29 is 24.5 Å². The molecule has 8 atom stereocenters. The van der Waals surface area contributed by atoms with Crippen molar-refractivity contribution in [1.29, 1.82) is 0 Å². The van der Waals surface area contributed by atoms with Gasteiger partial charge in [0.2, 0.25) is 0 Å². The highest BCUT2D eigenvalue weighted by molar-refractivity contribution is 5.97. The lowest BCUT2D eigenvalue weighted by atomic mass is 9.58. The predicted molar refractivity (Wildman–Crippen MR) is 120 cm³/mol. The summed E-state index contributed by atoms with van der Waals surface area (Å²) < 4.78 is 6.16. The van der Waals surface area contributed by atoms with Gasteiger partial charge in [0.25, 0.3) is 0 Å². The lowest BCUT2D eigenvalue weighted by Gasteiger charge is -2.50. The van der Waals surface area contributed by atoms with E-state index in [0.29, 0.717) is 22.6 Å². The Kier molecular flexibility index (Phi) is 4.48. The summed E-state index contributed by atoms with van der Waals surface area (Å²) in [4.78, 5) is 27.7. The molecule has 0 aliphatic heterocycles. The Balaban J connectivity index is 1.72. The van der Waals surface area contributed by atoms with Gasteiger partial charge in [0.1, 0.15) is 12.2 Å². The lowest BCUT2D eigenvalue weighted by Crippen LogP contribution is -2.67. The van der Waals surface area contributed by atoms with Crippen molar-refractivity contribution in [3.63, 3.8) is 0 Å². The van der Waals surface area contributed by atoms with E-state index in [0.717, 1.165) is 6.42 Å². The first-order chi connectivity index (χ1) is 15.0. The number of Topliss-reactive ketones (excluding diaryl/α,β-unsaturated/α-hetero) is 1. The van der Waals surface area contributed by atoms with Crippen LogP contribution >= 0.6 is 0 Å². The van der Waals surface area contributed by atoms with Crippen LogP contribution in [-0.4, -0.2) is 39.8 Å². The number of benzene rings is 1. The van der Waals surface area contributed by atoms with Gasteiger partial charge >= 0.3 is 5.97 Å². The van der Waals surface area contributed by atoms with E-state index in [1.807, 2.05) is 19.1 Å². The number of fused-ring (bicyclic) bond motifs is 3. The van der Waals surface area contributed by atoms with Crippen molar-refractivity contribution in [2.75, 3.05) is 0 Å². The van der Waals surface area contributed by atoms with E-state index in [9.17, 15) is 19.8 Å². The summed E-state index contributed by atoms with van der Waals surface area (Å²) in [5.41, 5.74) is -1.58. The molecule has 0 aromatic heterocycles. The highest BCUT2D eigenvalue weighted by atomic mass is 16.6. The number of hydrogen-bond donors (Lipinski definition) is 2. The number of carbonyl (C=O) groups excluding carboxylic acids is 2.